The van der Waals surface area contributed by atoms with Crippen molar-refractivity contribution >= 4 is 0 Å². The molecule has 0 saturated heterocycles. The number of unbranched alkanes of at least 4 members (excludes halogenated alkanes) is 3. The Bertz CT molecular complexity index is 833. The predicted molar refractivity (Wildman–Crippen MR) is 158 cm³/mol. The van der Waals surface area contributed by atoms with E-state index in [0.717, 1.165) is 42.9 Å². The fourth-order valence-electron chi connectivity index (χ4n) is 8.14. The number of allylic oxidation sites excluding steroid dienone is 2. The van der Waals surface area contributed by atoms with Crippen LogP contribution in [-0.2, 0) is 6.42 Å². The van der Waals surface area contributed by atoms with Crippen LogP contribution in [0.2, 0.25) is 0 Å². The molecule has 1 aromatic rings. The molecule has 1 aromatic carbocycles. The Kier molecular flexibility index (Phi) is 12.2. The minimum atomic E-state index is -0.584. The van der Waals surface area contributed by atoms with Crippen molar-refractivity contribution in [2.75, 3.05) is 0 Å². The first kappa shape index (κ1) is 29.8. The van der Waals surface area contributed by atoms with Crippen LogP contribution < -0.4 is 0 Å². The molecule has 0 aromatic heterocycles. The summed E-state index contributed by atoms with van der Waals surface area (Å²) in [5.74, 6) is 3.30. The number of benzene rings is 1. The number of aryl methyl sites for hydroxylation is 1. The molecule has 0 atom stereocenters. The van der Waals surface area contributed by atoms with Gasteiger partial charge < -0.3 is 0 Å². The van der Waals surface area contributed by atoms with Gasteiger partial charge in [0.15, 0.2) is 11.6 Å². The predicted octanol–water partition coefficient (Wildman–Crippen LogP) is 11.7. The van der Waals surface area contributed by atoms with Gasteiger partial charge in [0.25, 0.3) is 0 Å². The van der Waals surface area contributed by atoms with Gasteiger partial charge in [0.05, 0.1) is 0 Å². The third-order valence-corrected chi connectivity index (χ3v) is 10.9. The van der Waals surface area contributed by atoms with Crippen LogP contribution in [0, 0.1) is 41.2 Å². The van der Waals surface area contributed by atoms with Crippen molar-refractivity contribution in [3.05, 3.63) is 47.0 Å². The van der Waals surface area contributed by atoms with E-state index in [9.17, 15) is 0 Å². The molecule has 4 rings (SSSR count). The molecular weight excluding hydrogens is 470 g/mol. The summed E-state index contributed by atoms with van der Waals surface area (Å²) < 4.78 is 30.2. The van der Waals surface area contributed by atoms with Crippen molar-refractivity contribution in [1.82, 2.24) is 0 Å². The monoisotopic (exact) mass is 526 g/mol. The molecule has 3 aliphatic carbocycles. The van der Waals surface area contributed by atoms with Crippen molar-refractivity contribution < 1.29 is 8.78 Å². The Morgan fingerprint density at radius 2 is 1.37 bits per heavy atom. The Morgan fingerprint density at radius 1 is 0.711 bits per heavy atom. The molecule has 0 radical (unpaired) electrons. The van der Waals surface area contributed by atoms with E-state index >= 15 is 8.78 Å². The lowest BCUT2D eigenvalue weighted by atomic mass is 9.68. The minimum Gasteiger partial charge on any atom is -0.203 e. The lowest BCUT2D eigenvalue weighted by Crippen LogP contribution is -2.25. The highest BCUT2D eigenvalue weighted by molar-refractivity contribution is 5.30. The maximum atomic E-state index is 15.2. The van der Waals surface area contributed by atoms with Crippen molar-refractivity contribution in [1.29, 1.82) is 0 Å². The van der Waals surface area contributed by atoms with Crippen LogP contribution in [-0.4, -0.2) is 0 Å². The van der Waals surface area contributed by atoms with Crippen molar-refractivity contribution in [3.8, 4) is 0 Å². The highest BCUT2D eigenvalue weighted by Crippen LogP contribution is 2.45. The zero-order valence-electron chi connectivity index (χ0n) is 24.7. The zero-order chi connectivity index (χ0) is 26.7. The number of halogens is 2. The van der Waals surface area contributed by atoms with Gasteiger partial charge in [-0.25, -0.2) is 8.78 Å². The average Bonchev–Trinajstić information content (AvgIpc) is 2.96. The topological polar surface area (TPSA) is 0 Å². The van der Waals surface area contributed by atoms with Crippen LogP contribution >= 0.6 is 0 Å². The lowest BCUT2D eigenvalue weighted by molar-refractivity contribution is 0.158. The van der Waals surface area contributed by atoms with Crippen molar-refractivity contribution in [3.63, 3.8) is 0 Å². The van der Waals surface area contributed by atoms with Crippen LogP contribution in [0.15, 0.2) is 24.3 Å². The van der Waals surface area contributed by atoms with Crippen LogP contribution in [0.5, 0.6) is 0 Å². The van der Waals surface area contributed by atoms with E-state index in [2.05, 4.69) is 26.0 Å². The fraction of sp³-hybridized carbons (Fsp3) is 0.778. The summed E-state index contributed by atoms with van der Waals surface area (Å²) in [6, 6.07) is 3.79. The van der Waals surface area contributed by atoms with Crippen LogP contribution in [0.1, 0.15) is 153 Å². The summed E-state index contributed by atoms with van der Waals surface area (Å²) in [6.45, 7) is 4.61. The Hall–Kier alpha value is -1.18. The summed E-state index contributed by atoms with van der Waals surface area (Å²) in [7, 11) is 0. The first-order valence-electron chi connectivity index (χ1n) is 16.7. The Morgan fingerprint density at radius 3 is 2.03 bits per heavy atom. The summed E-state index contributed by atoms with van der Waals surface area (Å²) in [5, 5.41) is 0. The molecule has 3 saturated carbocycles. The molecule has 0 nitrogen and oxygen atoms in total. The largest absolute Gasteiger partial charge is 0.203 e. The van der Waals surface area contributed by atoms with Crippen LogP contribution in [0.4, 0.5) is 8.78 Å². The first-order valence-corrected chi connectivity index (χ1v) is 16.7. The van der Waals surface area contributed by atoms with Gasteiger partial charge in [-0.15, -0.1) is 0 Å². The van der Waals surface area contributed by atoms with Gasteiger partial charge in [-0.1, -0.05) is 89.5 Å². The molecule has 0 heterocycles. The SMILES string of the molecule is CCCCCCC1CCC(/C=C/CCc2ccc(C3CCC(C4CCC(CC)CC4)CC3)c(F)c2F)CC1. The molecule has 0 N–H and O–H groups in total. The van der Waals surface area contributed by atoms with E-state index in [0.29, 0.717) is 23.5 Å². The van der Waals surface area contributed by atoms with Gasteiger partial charge in [0, 0.05) is 0 Å². The molecule has 2 heteroatoms. The summed E-state index contributed by atoms with van der Waals surface area (Å²) >= 11 is 0. The Balaban J connectivity index is 1.18. The normalized spacial score (nSPS) is 30.6. The highest BCUT2D eigenvalue weighted by atomic mass is 19.2. The van der Waals surface area contributed by atoms with Gasteiger partial charge in [-0.2, -0.15) is 0 Å². The first-order chi connectivity index (χ1) is 18.6. The fourth-order valence-corrected chi connectivity index (χ4v) is 8.14. The maximum absolute atomic E-state index is 15.2. The van der Waals surface area contributed by atoms with Gasteiger partial charge in [0.2, 0.25) is 0 Å². The molecule has 3 aliphatic rings. The molecule has 0 spiro atoms. The van der Waals surface area contributed by atoms with Crippen molar-refractivity contribution in [2.45, 2.75) is 148 Å². The van der Waals surface area contributed by atoms with Crippen LogP contribution in [0.25, 0.3) is 0 Å². The lowest BCUT2D eigenvalue weighted by Gasteiger charge is -2.38. The van der Waals surface area contributed by atoms with E-state index in [-0.39, 0.29) is 5.92 Å². The number of rotatable bonds is 12. The van der Waals surface area contributed by atoms with E-state index < -0.39 is 11.6 Å². The minimum absolute atomic E-state index is 0.198. The van der Waals surface area contributed by atoms with E-state index in [1.54, 1.807) is 0 Å². The smallest absolute Gasteiger partial charge is 0.162 e. The van der Waals surface area contributed by atoms with E-state index in [1.807, 2.05) is 12.1 Å². The van der Waals surface area contributed by atoms with E-state index in [1.165, 1.54) is 103 Å². The zero-order valence-corrected chi connectivity index (χ0v) is 24.7. The Labute approximate surface area is 233 Å². The van der Waals surface area contributed by atoms with Gasteiger partial charge >= 0.3 is 0 Å². The number of hydrogen-bond acceptors (Lipinski definition) is 0. The summed E-state index contributed by atoms with van der Waals surface area (Å²) in [5.41, 5.74) is 1.19. The quantitative estimate of drug-likeness (QED) is 0.188. The molecule has 0 aliphatic heterocycles. The standard InChI is InChI=1S/C36H56F2/c1-3-5-6-7-10-28-13-15-29(16-14-28)11-8-9-12-33-25-26-34(36(38)35(33)37)32-23-21-31(22-24-32)30-19-17-27(4-2)18-20-30/h8,11,25-32H,3-7,9-10,12-24H2,1-2H3/b11-8+. The summed E-state index contributed by atoms with van der Waals surface area (Å²) in [4.78, 5) is 0. The summed E-state index contributed by atoms with van der Waals surface area (Å²) in [6.07, 6.45) is 29.6. The molecular formula is C36H56F2. The average molecular weight is 527 g/mol. The number of hydrogen-bond donors (Lipinski definition) is 0. The second-order valence-electron chi connectivity index (χ2n) is 13.3. The molecule has 3 fully saturated rings. The molecule has 0 amide bonds. The third-order valence-electron chi connectivity index (χ3n) is 10.9. The molecule has 0 unspecified atom stereocenters. The molecule has 38 heavy (non-hydrogen) atoms. The van der Waals surface area contributed by atoms with Gasteiger partial charge in [0.1, 0.15) is 0 Å². The van der Waals surface area contributed by atoms with Gasteiger partial charge in [-0.05, 0) is 124 Å². The highest BCUT2D eigenvalue weighted by Gasteiger charge is 2.32. The second kappa shape index (κ2) is 15.6. The molecule has 214 valence electrons. The maximum Gasteiger partial charge on any atom is 0.162 e. The van der Waals surface area contributed by atoms with E-state index in [4.69, 9.17) is 0 Å². The molecule has 0 bridgehead atoms. The third kappa shape index (κ3) is 8.41. The van der Waals surface area contributed by atoms with Crippen LogP contribution in [0.3, 0.4) is 0 Å². The van der Waals surface area contributed by atoms with Crippen molar-refractivity contribution in [2.24, 2.45) is 29.6 Å². The van der Waals surface area contributed by atoms with Gasteiger partial charge in [-0.3, -0.25) is 0 Å². The second-order valence-corrected chi connectivity index (χ2v) is 13.3.